The Morgan fingerprint density at radius 2 is 1.66 bits per heavy atom. The van der Waals surface area contributed by atoms with Crippen LogP contribution in [-0.4, -0.2) is 62.2 Å². The number of benzene rings is 2. The predicted octanol–water partition coefficient (Wildman–Crippen LogP) is 3.42. The molecule has 35 heavy (non-hydrogen) atoms. The molecule has 2 aromatic rings. The van der Waals surface area contributed by atoms with Crippen molar-refractivity contribution in [2.24, 2.45) is 0 Å². The monoisotopic (exact) mass is 526 g/mol. The first-order valence-corrected chi connectivity index (χ1v) is 12.9. The van der Waals surface area contributed by atoms with Crippen molar-refractivity contribution >= 4 is 39.3 Å². The van der Waals surface area contributed by atoms with Crippen LogP contribution in [0.4, 0.5) is 10.1 Å². The van der Waals surface area contributed by atoms with Crippen molar-refractivity contribution in [3.63, 3.8) is 0 Å². The zero-order chi connectivity index (χ0) is 26.3. The second-order valence-electron chi connectivity index (χ2n) is 8.38. The summed E-state index contributed by atoms with van der Waals surface area (Å²) in [6.07, 6.45) is 0.705. The van der Waals surface area contributed by atoms with Gasteiger partial charge in [0, 0.05) is 31.7 Å². The van der Waals surface area contributed by atoms with Gasteiger partial charge in [0.1, 0.15) is 18.4 Å². The van der Waals surface area contributed by atoms with Crippen LogP contribution in [0, 0.1) is 5.82 Å². The molecule has 2 rings (SSSR count). The number of rotatable bonds is 11. The summed E-state index contributed by atoms with van der Waals surface area (Å²) in [5.41, 5.74) is 0.720. The number of nitrogens with zero attached hydrogens (tertiary/aromatic N) is 3. The molecule has 2 amide bonds. The van der Waals surface area contributed by atoms with Crippen molar-refractivity contribution in [1.82, 2.24) is 14.5 Å². The molecule has 0 aliphatic heterocycles. The van der Waals surface area contributed by atoms with Crippen LogP contribution in [-0.2, 0) is 26.3 Å². The average molecular weight is 527 g/mol. The van der Waals surface area contributed by atoms with Crippen molar-refractivity contribution in [3.05, 3.63) is 64.9 Å². The number of halogens is 2. The molecule has 2 atom stereocenters. The van der Waals surface area contributed by atoms with Crippen LogP contribution in [0.25, 0.3) is 0 Å². The maximum atomic E-state index is 13.6. The van der Waals surface area contributed by atoms with Gasteiger partial charge in [-0.05, 0) is 56.2 Å². The van der Waals surface area contributed by atoms with E-state index in [1.54, 1.807) is 31.2 Å². The summed E-state index contributed by atoms with van der Waals surface area (Å²) >= 11 is 6.31. The molecule has 0 saturated heterocycles. The van der Waals surface area contributed by atoms with E-state index in [0.29, 0.717) is 17.0 Å². The Bertz CT molecular complexity index is 1130. The first-order chi connectivity index (χ1) is 16.4. The van der Waals surface area contributed by atoms with Crippen LogP contribution in [0.5, 0.6) is 0 Å². The van der Waals surface area contributed by atoms with Gasteiger partial charge in [-0.2, -0.15) is 12.7 Å². The Balaban J connectivity index is 2.46. The molecule has 2 aromatic carbocycles. The summed E-state index contributed by atoms with van der Waals surface area (Å²) < 4.78 is 41.5. The van der Waals surface area contributed by atoms with Crippen LogP contribution >= 0.6 is 11.6 Å². The zero-order valence-electron chi connectivity index (χ0n) is 20.5. The minimum atomic E-state index is -4.11. The molecule has 8 nitrogen and oxygen atoms in total. The van der Waals surface area contributed by atoms with Crippen molar-refractivity contribution < 1.29 is 22.4 Å². The van der Waals surface area contributed by atoms with Gasteiger partial charge in [-0.25, -0.2) is 8.70 Å². The molecule has 0 radical (unpaired) electrons. The second-order valence-corrected chi connectivity index (χ2v) is 10.9. The highest BCUT2D eigenvalue weighted by Crippen LogP contribution is 2.23. The quantitative estimate of drug-likeness (QED) is 0.486. The predicted molar refractivity (Wildman–Crippen MR) is 136 cm³/mol. The van der Waals surface area contributed by atoms with Gasteiger partial charge in [-0.15, -0.1) is 0 Å². The maximum Gasteiger partial charge on any atom is 0.304 e. The van der Waals surface area contributed by atoms with Crippen LogP contribution in [0.1, 0.15) is 32.8 Å². The molecule has 0 spiro atoms. The molecule has 0 aromatic heterocycles. The lowest BCUT2D eigenvalue weighted by Crippen LogP contribution is -2.53. The maximum absolute atomic E-state index is 13.6. The van der Waals surface area contributed by atoms with Crippen LogP contribution < -0.4 is 9.62 Å². The van der Waals surface area contributed by atoms with Crippen LogP contribution in [0.15, 0.2) is 48.5 Å². The van der Waals surface area contributed by atoms with E-state index in [9.17, 15) is 22.4 Å². The van der Waals surface area contributed by atoms with Crippen molar-refractivity contribution in [1.29, 1.82) is 0 Å². The zero-order valence-corrected chi connectivity index (χ0v) is 22.1. The van der Waals surface area contributed by atoms with Gasteiger partial charge in [0.05, 0.1) is 5.69 Å². The molecule has 0 fully saturated rings. The normalized spacial score (nSPS) is 13.3. The smallest absolute Gasteiger partial charge is 0.304 e. The summed E-state index contributed by atoms with van der Waals surface area (Å²) in [5, 5.41) is 3.27. The van der Waals surface area contributed by atoms with E-state index in [2.05, 4.69) is 5.32 Å². The van der Waals surface area contributed by atoms with Gasteiger partial charge in [0.15, 0.2) is 0 Å². The number of carbonyl (C=O) groups is 2. The molecule has 0 aliphatic rings. The number of hydrogen-bond acceptors (Lipinski definition) is 4. The van der Waals surface area contributed by atoms with Gasteiger partial charge in [-0.3, -0.25) is 9.59 Å². The van der Waals surface area contributed by atoms with E-state index >= 15 is 0 Å². The minimum Gasteiger partial charge on any atom is -0.352 e. The third-order valence-electron chi connectivity index (χ3n) is 5.60. The highest BCUT2D eigenvalue weighted by atomic mass is 35.5. The highest BCUT2D eigenvalue weighted by molar-refractivity contribution is 7.90. The average Bonchev–Trinajstić information content (AvgIpc) is 2.81. The second kappa shape index (κ2) is 12.3. The molecular formula is C24H32ClFN4O4S. The summed E-state index contributed by atoms with van der Waals surface area (Å²) in [4.78, 5) is 27.8. The first-order valence-electron chi connectivity index (χ1n) is 11.2. The molecule has 0 aliphatic carbocycles. The minimum absolute atomic E-state index is 0.00707. The molecular weight excluding hydrogens is 495 g/mol. The summed E-state index contributed by atoms with van der Waals surface area (Å²) in [6, 6.07) is 10.7. The van der Waals surface area contributed by atoms with Gasteiger partial charge < -0.3 is 10.2 Å². The molecule has 0 bridgehead atoms. The SMILES string of the molecule is CC[C@@H](C)NC(=O)[C@@H](C)N(Cc1ccccc1Cl)C(=O)CN(c1ccc(F)cc1)S(=O)(=O)N(C)C. The Hall–Kier alpha value is -2.69. The lowest BCUT2D eigenvalue weighted by atomic mass is 10.1. The van der Waals surface area contributed by atoms with E-state index < -0.39 is 34.5 Å². The molecule has 1 N–H and O–H groups in total. The lowest BCUT2D eigenvalue weighted by Gasteiger charge is -2.33. The Labute approximate surface area is 211 Å². The highest BCUT2D eigenvalue weighted by Gasteiger charge is 2.33. The standard InChI is InChI=1S/C24H32ClFN4O4S/c1-6-17(2)27-24(32)18(3)29(15-19-9-7-8-10-22(19)25)23(31)16-30(35(33,34)28(4)5)21-13-11-20(26)12-14-21/h7-14,17-18H,6,15-16H2,1-5H3,(H,27,32)/t17-,18-/m1/s1. The lowest BCUT2D eigenvalue weighted by molar-refractivity contribution is -0.139. The van der Waals surface area contributed by atoms with E-state index in [0.717, 1.165) is 20.7 Å². The molecule has 0 unspecified atom stereocenters. The van der Waals surface area contributed by atoms with Crippen LogP contribution in [0.2, 0.25) is 5.02 Å². The van der Waals surface area contributed by atoms with Gasteiger partial charge >= 0.3 is 10.2 Å². The number of anilines is 1. The number of amides is 2. The van der Waals surface area contributed by atoms with Gasteiger partial charge in [-0.1, -0.05) is 36.7 Å². The Kier molecular flexibility index (Phi) is 10.1. The van der Waals surface area contributed by atoms with Gasteiger partial charge in [0.2, 0.25) is 11.8 Å². The molecule has 0 saturated carbocycles. The third-order valence-corrected chi connectivity index (χ3v) is 7.79. The molecule has 192 valence electrons. The van der Waals surface area contributed by atoms with Crippen molar-refractivity contribution in [2.45, 2.75) is 45.8 Å². The van der Waals surface area contributed by atoms with Crippen molar-refractivity contribution in [3.8, 4) is 0 Å². The number of nitrogens with one attached hydrogen (secondary N) is 1. The fourth-order valence-corrected chi connectivity index (χ4v) is 4.43. The van der Waals surface area contributed by atoms with E-state index in [1.807, 2.05) is 13.8 Å². The third kappa shape index (κ3) is 7.39. The fourth-order valence-electron chi connectivity index (χ4n) is 3.18. The van der Waals surface area contributed by atoms with Gasteiger partial charge in [0.25, 0.3) is 0 Å². The summed E-state index contributed by atoms with van der Waals surface area (Å²) in [6.45, 7) is 4.75. The van der Waals surface area contributed by atoms with Crippen LogP contribution in [0.3, 0.4) is 0 Å². The summed E-state index contributed by atoms with van der Waals surface area (Å²) in [5.74, 6) is -1.53. The van der Waals surface area contributed by atoms with E-state index in [4.69, 9.17) is 11.6 Å². The Morgan fingerprint density at radius 1 is 1.06 bits per heavy atom. The number of carbonyl (C=O) groups excluding carboxylic acids is 2. The molecule has 11 heteroatoms. The first kappa shape index (κ1) is 28.5. The fraction of sp³-hybridized carbons (Fsp3) is 0.417. The topological polar surface area (TPSA) is 90.0 Å². The summed E-state index contributed by atoms with van der Waals surface area (Å²) in [7, 11) is -1.45. The van der Waals surface area contributed by atoms with E-state index in [1.165, 1.54) is 31.1 Å². The number of hydrogen-bond donors (Lipinski definition) is 1. The largest absolute Gasteiger partial charge is 0.352 e. The van der Waals surface area contributed by atoms with Crippen molar-refractivity contribution in [2.75, 3.05) is 24.9 Å². The molecule has 0 heterocycles. The van der Waals surface area contributed by atoms with E-state index in [-0.39, 0.29) is 24.2 Å². The Morgan fingerprint density at radius 3 is 2.20 bits per heavy atom.